The number of fused-ring (bicyclic) bond motifs is 8. The Labute approximate surface area is 279 Å². The summed E-state index contributed by atoms with van der Waals surface area (Å²) < 4.78 is 18.1. The molecule has 5 heterocycles. The van der Waals surface area contributed by atoms with Crippen LogP contribution in [0.4, 0.5) is 0 Å². The number of carbonyl (C=O) groups is 2. The van der Waals surface area contributed by atoms with Crippen molar-refractivity contribution < 1.29 is 40.1 Å². The molecule has 0 aliphatic carbocycles. The van der Waals surface area contributed by atoms with E-state index in [1.54, 1.807) is 0 Å². The quantitative estimate of drug-likeness (QED) is 0.236. The molecule has 46 heavy (non-hydrogen) atoms. The molecule has 0 fully saturated rings. The molecule has 239 valence electrons. The SMILES string of the molecule is CCC1=C(C)c2cc3[n-]c(cc4[n-]c(cc5nc(cc1n2)C(C)=C5CC)c(C)c4CCC(=O)OC)c(CCC(=O)OC)c3C.[O]=[V+2]. The molecule has 0 saturated carbocycles. The minimum atomic E-state index is -0.275. The molecule has 3 aromatic rings. The maximum atomic E-state index is 12.2. The van der Waals surface area contributed by atoms with Gasteiger partial charge in [0, 0.05) is 12.8 Å². The molecule has 0 unspecified atom stereocenters. The van der Waals surface area contributed by atoms with Crippen LogP contribution in [-0.2, 0) is 52.9 Å². The zero-order chi connectivity index (χ0) is 33.7. The van der Waals surface area contributed by atoms with E-state index in [0.717, 1.165) is 108 Å². The number of nitrogens with zero attached hydrogens (tertiary/aromatic N) is 4. The van der Waals surface area contributed by atoms with Gasteiger partial charge in [0.15, 0.2) is 0 Å². The third-order valence-electron chi connectivity index (χ3n) is 8.96. The van der Waals surface area contributed by atoms with Crippen LogP contribution in [0.25, 0.3) is 44.4 Å². The first kappa shape index (κ1) is 34.8. The van der Waals surface area contributed by atoms with Gasteiger partial charge < -0.3 is 19.4 Å². The molecular weight excluding hydrogens is 619 g/mol. The third-order valence-corrected chi connectivity index (χ3v) is 8.96. The van der Waals surface area contributed by atoms with E-state index in [1.165, 1.54) is 25.4 Å². The third kappa shape index (κ3) is 6.86. The van der Waals surface area contributed by atoms with E-state index in [1.807, 2.05) is 26.0 Å². The van der Waals surface area contributed by atoms with Crippen LogP contribution in [0.3, 0.4) is 0 Å². The van der Waals surface area contributed by atoms with Crippen molar-refractivity contribution in [2.45, 2.75) is 80.1 Å². The average Bonchev–Trinajstić information content (AvgIpc) is 3.72. The van der Waals surface area contributed by atoms with Gasteiger partial charge in [0.2, 0.25) is 0 Å². The molecule has 0 saturated heterocycles. The number of rotatable bonds is 8. The summed E-state index contributed by atoms with van der Waals surface area (Å²) in [4.78, 5) is 44.6. The molecule has 0 amide bonds. The second kappa shape index (κ2) is 15.0. The summed E-state index contributed by atoms with van der Waals surface area (Å²) in [6.45, 7) is 12.6. The van der Waals surface area contributed by atoms with Gasteiger partial charge in [0.1, 0.15) is 0 Å². The first-order valence-electron chi connectivity index (χ1n) is 15.4. The van der Waals surface area contributed by atoms with Crippen molar-refractivity contribution in [2.24, 2.45) is 0 Å². The molecule has 0 aromatic carbocycles. The topological polar surface area (TPSA) is 124 Å². The van der Waals surface area contributed by atoms with Crippen LogP contribution in [0.1, 0.15) is 98.4 Å². The standard InChI is InChI=1S/C36H40N4O4.O.V/c1-9-23-19(3)27-15-28-21(5)25(11-13-35(41)43-7)33(39-28)18-34-26(12-14-36(42)44-8)22(6)30(40-34)17-32-24(10-2)20(4)29(38-32)16-31(23)37-27;;/h15-18H,9-14H2,1-8H3;;/q-2;;+2. The van der Waals surface area contributed by atoms with Gasteiger partial charge in [-0.25, -0.2) is 9.97 Å². The first-order valence-corrected chi connectivity index (χ1v) is 16.0. The second-order valence-corrected chi connectivity index (χ2v) is 11.4. The fourth-order valence-corrected chi connectivity index (χ4v) is 6.25. The normalized spacial score (nSPS) is 12.7. The van der Waals surface area contributed by atoms with Gasteiger partial charge in [0.25, 0.3) is 0 Å². The molecule has 10 heteroatoms. The summed E-state index contributed by atoms with van der Waals surface area (Å²) in [5.74, 6) is -0.550. The Kier molecular flexibility index (Phi) is 11.4. The zero-order valence-electron chi connectivity index (χ0n) is 27.8. The Morgan fingerprint density at radius 1 is 0.630 bits per heavy atom. The number of methoxy groups -OCH3 is 2. The van der Waals surface area contributed by atoms with Gasteiger partial charge in [0.05, 0.1) is 37.0 Å². The number of hydrogen-bond acceptors (Lipinski definition) is 7. The van der Waals surface area contributed by atoms with Crippen LogP contribution in [0.2, 0.25) is 0 Å². The zero-order valence-corrected chi connectivity index (χ0v) is 29.2. The van der Waals surface area contributed by atoms with Crippen molar-refractivity contribution >= 4 is 56.3 Å². The Bertz CT molecular complexity index is 1910. The van der Waals surface area contributed by atoms with Crippen LogP contribution in [0, 0.1) is 13.8 Å². The fourth-order valence-electron chi connectivity index (χ4n) is 6.25. The fraction of sp³-hybridized carbons (Fsp3) is 0.389. The average molecular weight is 660 g/mol. The van der Waals surface area contributed by atoms with Gasteiger partial charge in [-0.15, -0.1) is 22.1 Å². The number of carbonyl (C=O) groups excluding carboxylic acids is 2. The van der Waals surface area contributed by atoms with Crippen molar-refractivity contribution in [3.05, 3.63) is 69.3 Å². The Hall–Kier alpha value is -4.08. The van der Waals surface area contributed by atoms with Crippen molar-refractivity contribution in [1.29, 1.82) is 0 Å². The van der Waals surface area contributed by atoms with Gasteiger partial charge >= 0.3 is 33.0 Å². The summed E-state index contributed by atoms with van der Waals surface area (Å²) in [5, 5.41) is 0. The van der Waals surface area contributed by atoms with Gasteiger partial charge in [-0.2, -0.15) is 0 Å². The van der Waals surface area contributed by atoms with Crippen LogP contribution in [-0.4, -0.2) is 36.1 Å². The summed E-state index contributed by atoms with van der Waals surface area (Å²) in [5.41, 5.74) is 15.3. The van der Waals surface area contributed by atoms with E-state index in [-0.39, 0.29) is 24.8 Å². The van der Waals surface area contributed by atoms with Crippen molar-refractivity contribution in [1.82, 2.24) is 19.9 Å². The maximum absolute atomic E-state index is 12.2. The number of ether oxygens (including phenoxy) is 2. The second-order valence-electron chi connectivity index (χ2n) is 11.4. The minimum absolute atomic E-state index is 0.238. The molecule has 0 radical (unpaired) electrons. The Morgan fingerprint density at radius 2 is 1.02 bits per heavy atom. The number of allylic oxidation sites excluding steroid dienone is 4. The van der Waals surface area contributed by atoms with E-state index < -0.39 is 0 Å². The molecule has 8 bridgehead atoms. The van der Waals surface area contributed by atoms with Crippen LogP contribution in [0.15, 0.2) is 24.3 Å². The predicted octanol–water partition coefficient (Wildman–Crippen LogP) is 6.96. The molecular formula is C36H40N4O5V. The number of aryl methyl sites for hydroxylation is 4. The van der Waals surface area contributed by atoms with Crippen LogP contribution >= 0.6 is 0 Å². The van der Waals surface area contributed by atoms with E-state index in [0.29, 0.717) is 12.8 Å². The summed E-state index contributed by atoms with van der Waals surface area (Å²) in [7, 11) is 2.80. The summed E-state index contributed by atoms with van der Waals surface area (Å²) in [6.07, 6.45) is 3.12. The van der Waals surface area contributed by atoms with Crippen LogP contribution < -0.4 is 9.97 Å². The van der Waals surface area contributed by atoms with E-state index in [4.69, 9.17) is 33.1 Å². The number of hydrogen-bond donors (Lipinski definition) is 0. The van der Waals surface area contributed by atoms with Gasteiger partial charge in [-0.05, 0) is 81.7 Å². The molecule has 5 rings (SSSR count). The molecule has 9 nitrogen and oxygen atoms in total. The van der Waals surface area contributed by atoms with Crippen molar-refractivity contribution in [3.8, 4) is 0 Å². The molecule has 3 aromatic heterocycles. The van der Waals surface area contributed by atoms with E-state index in [9.17, 15) is 9.59 Å². The Morgan fingerprint density at radius 3 is 1.43 bits per heavy atom. The summed E-state index contributed by atoms with van der Waals surface area (Å²) >= 11 is 1.06. The summed E-state index contributed by atoms with van der Waals surface area (Å²) in [6, 6.07) is 8.19. The molecule has 0 N–H and O–H groups in total. The predicted molar refractivity (Wildman–Crippen MR) is 175 cm³/mol. The van der Waals surface area contributed by atoms with Crippen molar-refractivity contribution in [3.63, 3.8) is 0 Å². The monoisotopic (exact) mass is 659 g/mol. The van der Waals surface area contributed by atoms with E-state index in [2.05, 4.69) is 39.8 Å². The first-order chi connectivity index (χ1) is 22.1. The molecule has 0 atom stereocenters. The number of esters is 2. The van der Waals surface area contributed by atoms with Crippen molar-refractivity contribution in [2.75, 3.05) is 14.2 Å². The molecule has 0 spiro atoms. The number of aromatic nitrogens is 4. The molecule has 2 aliphatic rings. The molecule has 2 aliphatic heterocycles. The van der Waals surface area contributed by atoms with Gasteiger partial charge in [-0.1, -0.05) is 54.3 Å². The van der Waals surface area contributed by atoms with E-state index >= 15 is 0 Å². The van der Waals surface area contributed by atoms with Crippen LogP contribution in [0.5, 0.6) is 0 Å². The Balaban J connectivity index is 0.00000235. The van der Waals surface area contributed by atoms with Gasteiger partial charge in [-0.3, -0.25) is 9.59 Å².